The van der Waals surface area contributed by atoms with E-state index in [9.17, 15) is 5.11 Å². The van der Waals surface area contributed by atoms with Crippen molar-refractivity contribution in [1.29, 1.82) is 0 Å². The molecule has 0 aromatic heterocycles. The number of hydrogen-bond acceptors (Lipinski definition) is 1. The van der Waals surface area contributed by atoms with Crippen LogP contribution in [0.15, 0.2) is 0 Å². The molecule has 0 aromatic rings. The van der Waals surface area contributed by atoms with Gasteiger partial charge in [0.25, 0.3) is 0 Å². The zero-order valence-corrected chi connectivity index (χ0v) is 8.92. The first-order chi connectivity index (χ1) is 6.13. The van der Waals surface area contributed by atoms with Crippen molar-refractivity contribution in [3.8, 4) is 0 Å². The predicted octanol–water partition coefficient (Wildman–Crippen LogP) is 2.97. The molecule has 2 rings (SSSR count). The van der Waals surface area contributed by atoms with Crippen molar-refractivity contribution in [3.63, 3.8) is 0 Å². The third kappa shape index (κ3) is 1.52. The fourth-order valence-electron chi connectivity index (χ4n) is 3.58. The van der Waals surface area contributed by atoms with Crippen molar-refractivity contribution in [3.05, 3.63) is 0 Å². The second kappa shape index (κ2) is 3.27. The van der Waals surface area contributed by atoms with Crippen molar-refractivity contribution in [2.45, 2.75) is 58.5 Å². The summed E-state index contributed by atoms with van der Waals surface area (Å²) in [7, 11) is 0. The van der Waals surface area contributed by atoms with Crippen LogP contribution in [0.1, 0.15) is 52.4 Å². The Balaban J connectivity index is 2.15. The second-order valence-electron chi connectivity index (χ2n) is 5.47. The van der Waals surface area contributed by atoms with Gasteiger partial charge in [-0.1, -0.05) is 26.7 Å². The molecule has 0 aliphatic heterocycles. The van der Waals surface area contributed by atoms with E-state index in [4.69, 9.17) is 0 Å². The van der Waals surface area contributed by atoms with Gasteiger partial charge in [0.15, 0.2) is 0 Å². The van der Waals surface area contributed by atoms with Gasteiger partial charge in [0.2, 0.25) is 0 Å². The van der Waals surface area contributed by atoms with E-state index >= 15 is 0 Å². The summed E-state index contributed by atoms with van der Waals surface area (Å²) < 4.78 is 0. The monoisotopic (exact) mass is 182 g/mol. The molecular weight excluding hydrogens is 160 g/mol. The van der Waals surface area contributed by atoms with Crippen molar-refractivity contribution in [2.75, 3.05) is 0 Å². The molecule has 2 fully saturated rings. The van der Waals surface area contributed by atoms with Gasteiger partial charge in [-0.25, -0.2) is 0 Å². The Morgan fingerprint density at radius 2 is 1.92 bits per heavy atom. The SMILES string of the molecule is C[C@@H]1CCC[C@@H]2CCC(O)C[C@]21C. The zero-order valence-electron chi connectivity index (χ0n) is 8.92. The van der Waals surface area contributed by atoms with E-state index in [1.807, 2.05) is 0 Å². The van der Waals surface area contributed by atoms with E-state index in [-0.39, 0.29) is 6.10 Å². The summed E-state index contributed by atoms with van der Waals surface area (Å²) in [6, 6.07) is 0. The lowest BCUT2D eigenvalue weighted by Gasteiger charge is -2.50. The number of hydrogen-bond donors (Lipinski definition) is 1. The van der Waals surface area contributed by atoms with Crippen molar-refractivity contribution >= 4 is 0 Å². The maximum absolute atomic E-state index is 9.73. The van der Waals surface area contributed by atoms with E-state index in [2.05, 4.69) is 13.8 Å². The Hall–Kier alpha value is -0.0400. The molecule has 4 atom stereocenters. The zero-order chi connectivity index (χ0) is 9.47. The maximum Gasteiger partial charge on any atom is 0.0545 e. The Morgan fingerprint density at radius 3 is 2.69 bits per heavy atom. The molecule has 0 heterocycles. The van der Waals surface area contributed by atoms with Gasteiger partial charge in [0.05, 0.1) is 6.10 Å². The van der Waals surface area contributed by atoms with Crippen LogP contribution in [0, 0.1) is 17.3 Å². The summed E-state index contributed by atoms with van der Waals surface area (Å²) in [4.78, 5) is 0. The molecule has 13 heavy (non-hydrogen) atoms. The van der Waals surface area contributed by atoms with Crippen LogP contribution < -0.4 is 0 Å². The van der Waals surface area contributed by atoms with Gasteiger partial charge in [0.1, 0.15) is 0 Å². The van der Waals surface area contributed by atoms with Gasteiger partial charge in [0, 0.05) is 0 Å². The largest absolute Gasteiger partial charge is 0.393 e. The highest BCUT2D eigenvalue weighted by Crippen LogP contribution is 2.52. The molecule has 0 radical (unpaired) electrons. The maximum atomic E-state index is 9.73. The van der Waals surface area contributed by atoms with Gasteiger partial charge in [-0.2, -0.15) is 0 Å². The first-order valence-electron chi connectivity index (χ1n) is 5.81. The van der Waals surface area contributed by atoms with E-state index in [0.717, 1.165) is 24.7 Å². The predicted molar refractivity (Wildman–Crippen MR) is 54.5 cm³/mol. The summed E-state index contributed by atoms with van der Waals surface area (Å²) in [5.41, 5.74) is 0.454. The minimum atomic E-state index is -0.0122. The van der Waals surface area contributed by atoms with Gasteiger partial charge in [-0.05, 0) is 42.9 Å². The first kappa shape index (κ1) is 9.51. The molecular formula is C12H22O. The average molecular weight is 182 g/mol. The number of rotatable bonds is 0. The standard InChI is InChI=1S/C12H22O/c1-9-4-3-5-10-6-7-11(13)8-12(9,10)2/h9-11,13H,3-8H2,1-2H3/t9-,10-,11?,12+/m1/s1. The van der Waals surface area contributed by atoms with Gasteiger partial charge >= 0.3 is 0 Å². The molecule has 76 valence electrons. The lowest BCUT2D eigenvalue weighted by molar-refractivity contribution is -0.0469. The Kier molecular flexibility index (Phi) is 2.39. The van der Waals surface area contributed by atoms with Gasteiger partial charge in [-0.15, -0.1) is 0 Å². The highest BCUT2D eigenvalue weighted by atomic mass is 16.3. The fraction of sp³-hybridized carbons (Fsp3) is 1.00. The molecule has 1 heteroatoms. The lowest BCUT2D eigenvalue weighted by atomic mass is 9.55. The van der Waals surface area contributed by atoms with Crippen LogP contribution in [0.4, 0.5) is 0 Å². The van der Waals surface area contributed by atoms with E-state index in [1.54, 1.807) is 0 Å². The van der Waals surface area contributed by atoms with Crippen LogP contribution in [0.3, 0.4) is 0 Å². The van der Waals surface area contributed by atoms with E-state index < -0.39 is 0 Å². The normalized spacial score (nSPS) is 51.5. The molecule has 1 unspecified atom stereocenters. The average Bonchev–Trinajstić information content (AvgIpc) is 2.07. The topological polar surface area (TPSA) is 20.2 Å². The van der Waals surface area contributed by atoms with Crippen LogP contribution in [-0.4, -0.2) is 11.2 Å². The number of aliphatic hydroxyl groups is 1. The smallest absolute Gasteiger partial charge is 0.0545 e. The van der Waals surface area contributed by atoms with Crippen LogP contribution in [-0.2, 0) is 0 Å². The summed E-state index contributed by atoms with van der Waals surface area (Å²) in [6.07, 6.45) is 7.56. The summed E-state index contributed by atoms with van der Waals surface area (Å²) >= 11 is 0. The Morgan fingerprint density at radius 1 is 1.15 bits per heavy atom. The molecule has 0 aromatic carbocycles. The highest BCUT2D eigenvalue weighted by molar-refractivity contribution is 4.95. The van der Waals surface area contributed by atoms with E-state index in [1.165, 1.54) is 25.7 Å². The minimum absolute atomic E-state index is 0.0122. The van der Waals surface area contributed by atoms with Crippen molar-refractivity contribution < 1.29 is 5.11 Å². The second-order valence-corrected chi connectivity index (χ2v) is 5.47. The van der Waals surface area contributed by atoms with Crippen molar-refractivity contribution in [1.82, 2.24) is 0 Å². The lowest BCUT2D eigenvalue weighted by Crippen LogP contribution is -2.43. The van der Waals surface area contributed by atoms with Crippen LogP contribution in [0.25, 0.3) is 0 Å². The molecule has 0 bridgehead atoms. The molecule has 2 aliphatic rings. The van der Waals surface area contributed by atoms with E-state index in [0.29, 0.717) is 5.41 Å². The minimum Gasteiger partial charge on any atom is -0.393 e. The third-order valence-electron chi connectivity index (χ3n) is 4.77. The molecule has 1 N–H and O–H groups in total. The molecule has 2 aliphatic carbocycles. The Labute approximate surface area is 81.5 Å². The molecule has 2 saturated carbocycles. The van der Waals surface area contributed by atoms with Crippen LogP contribution in [0.2, 0.25) is 0 Å². The van der Waals surface area contributed by atoms with Crippen molar-refractivity contribution in [2.24, 2.45) is 17.3 Å². The molecule has 1 nitrogen and oxygen atoms in total. The quantitative estimate of drug-likeness (QED) is 0.610. The number of fused-ring (bicyclic) bond motifs is 1. The van der Waals surface area contributed by atoms with Crippen LogP contribution in [0.5, 0.6) is 0 Å². The molecule has 0 amide bonds. The number of aliphatic hydroxyl groups excluding tert-OH is 1. The fourth-order valence-corrected chi connectivity index (χ4v) is 3.58. The summed E-state index contributed by atoms with van der Waals surface area (Å²) in [5.74, 6) is 1.72. The van der Waals surface area contributed by atoms with Gasteiger partial charge < -0.3 is 5.11 Å². The summed E-state index contributed by atoms with van der Waals surface area (Å²) in [5, 5.41) is 9.73. The molecule has 0 saturated heterocycles. The summed E-state index contributed by atoms with van der Waals surface area (Å²) in [6.45, 7) is 4.79. The highest BCUT2D eigenvalue weighted by Gasteiger charge is 2.45. The third-order valence-corrected chi connectivity index (χ3v) is 4.77. The Bertz CT molecular complexity index is 190. The van der Waals surface area contributed by atoms with Gasteiger partial charge in [-0.3, -0.25) is 0 Å². The van der Waals surface area contributed by atoms with Crippen LogP contribution >= 0.6 is 0 Å². The first-order valence-corrected chi connectivity index (χ1v) is 5.81. The molecule has 0 spiro atoms.